The molecular formula is C27H29F4NO4S. The molecule has 1 atom stereocenters. The van der Waals surface area contributed by atoms with E-state index in [1.165, 1.54) is 37.3 Å². The van der Waals surface area contributed by atoms with E-state index in [9.17, 15) is 31.1 Å². The van der Waals surface area contributed by atoms with Gasteiger partial charge in [-0.25, -0.2) is 12.8 Å². The number of benzene rings is 3. The molecule has 0 heterocycles. The molecule has 37 heavy (non-hydrogen) atoms. The van der Waals surface area contributed by atoms with Gasteiger partial charge in [-0.3, -0.25) is 4.90 Å². The first-order valence-corrected chi connectivity index (χ1v) is 13.5. The van der Waals surface area contributed by atoms with Crippen molar-refractivity contribution in [3.05, 3.63) is 94.8 Å². The second-order valence-electron chi connectivity index (χ2n) is 8.89. The molecule has 10 heteroatoms. The summed E-state index contributed by atoms with van der Waals surface area (Å²) in [5.41, 5.74) is 0.851. The monoisotopic (exact) mass is 539 g/mol. The third-order valence-corrected chi connectivity index (χ3v) is 6.85. The first-order chi connectivity index (χ1) is 17.3. The van der Waals surface area contributed by atoms with Crippen LogP contribution in [0.1, 0.15) is 41.7 Å². The van der Waals surface area contributed by atoms with E-state index >= 15 is 0 Å². The highest BCUT2D eigenvalue weighted by atomic mass is 32.2. The van der Waals surface area contributed by atoms with Crippen LogP contribution >= 0.6 is 0 Å². The fourth-order valence-electron chi connectivity index (χ4n) is 3.92. The predicted molar refractivity (Wildman–Crippen MR) is 132 cm³/mol. The molecule has 0 aromatic heterocycles. The average molecular weight is 540 g/mol. The topological polar surface area (TPSA) is 66.8 Å². The molecule has 0 radical (unpaired) electrons. The van der Waals surface area contributed by atoms with Crippen molar-refractivity contribution < 1.29 is 35.8 Å². The minimum Gasteiger partial charge on any atom is -0.494 e. The van der Waals surface area contributed by atoms with E-state index in [1.807, 2.05) is 4.90 Å². The van der Waals surface area contributed by atoms with E-state index in [4.69, 9.17) is 4.74 Å². The van der Waals surface area contributed by atoms with Gasteiger partial charge in [0.2, 0.25) is 0 Å². The van der Waals surface area contributed by atoms with Gasteiger partial charge in [-0.15, -0.1) is 0 Å². The molecule has 0 aliphatic heterocycles. The van der Waals surface area contributed by atoms with Crippen molar-refractivity contribution in [3.63, 3.8) is 0 Å². The van der Waals surface area contributed by atoms with Crippen molar-refractivity contribution in [3.8, 4) is 5.75 Å². The Morgan fingerprint density at radius 1 is 0.973 bits per heavy atom. The number of hydrogen-bond donors (Lipinski definition) is 1. The lowest BCUT2D eigenvalue weighted by Crippen LogP contribution is -2.25. The predicted octanol–water partition coefficient (Wildman–Crippen LogP) is 5.77. The van der Waals surface area contributed by atoms with Crippen molar-refractivity contribution in [2.24, 2.45) is 0 Å². The summed E-state index contributed by atoms with van der Waals surface area (Å²) < 4.78 is 82.7. The number of nitrogens with zero attached hydrogens (tertiary/aromatic N) is 1. The molecule has 5 nitrogen and oxygen atoms in total. The van der Waals surface area contributed by atoms with Crippen LogP contribution in [-0.4, -0.2) is 37.8 Å². The number of hydrogen-bond acceptors (Lipinski definition) is 5. The molecule has 0 fully saturated rings. The van der Waals surface area contributed by atoms with Gasteiger partial charge in [0.15, 0.2) is 9.84 Å². The summed E-state index contributed by atoms with van der Waals surface area (Å²) in [6.45, 7) is 2.78. The quantitative estimate of drug-likeness (QED) is 0.248. The Bertz CT molecular complexity index is 1290. The summed E-state index contributed by atoms with van der Waals surface area (Å²) in [5.74, 6) is -0.0514. The van der Waals surface area contributed by atoms with E-state index in [1.54, 1.807) is 24.3 Å². The first kappa shape index (κ1) is 28.6. The van der Waals surface area contributed by atoms with Crippen LogP contribution in [0.2, 0.25) is 0 Å². The average Bonchev–Trinajstić information content (AvgIpc) is 2.82. The van der Waals surface area contributed by atoms with E-state index in [2.05, 4.69) is 0 Å². The van der Waals surface area contributed by atoms with Gasteiger partial charge in [0.1, 0.15) is 11.6 Å². The fraction of sp³-hybridized carbons (Fsp3) is 0.333. The van der Waals surface area contributed by atoms with Gasteiger partial charge in [0, 0.05) is 25.9 Å². The number of rotatable bonds is 11. The number of alkyl halides is 3. The molecule has 0 aliphatic rings. The van der Waals surface area contributed by atoms with Crippen LogP contribution in [0.15, 0.2) is 71.6 Å². The number of aliphatic hydroxyl groups excluding tert-OH is 1. The molecule has 0 amide bonds. The largest absolute Gasteiger partial charge is 0.494 e. The molecule has 3 aromatic rings. The number of ether oxygens (including phenoxy) is 1. The highest BCUT2D eigenvalue weighted by Gasteiger charge is 2.30. The lowest BCUT2D eigenvalue weighted by atomic mass is 10.1. The van der Waals surface area contributed by atoms with Crippen LogP contribution < -0.4 is 4.74 Å². The summed E-state index contributed by atoms with van der Waals surface area (Å²) in [6.07, 6.45) is -3.86. The normalized spacial score (nSPS) is 13.1. The van der Waals surface area contributed by atoms with E-state index in [-0.39, 0.29) is 29.4 Å². The molecule has 0 spiro atoms. The van der Waals surface area contributed by atoms with Gasteiger partial charge in [-0.1, -0.05) is 36.4 Å². The Balaban J connectivity index is 1.69. The van der Waals surface area contributed by atoms with Gasteiger partial charge in [-0.2, -0.15) is 13.2 Å². The molecule has 0 aliphatic carbocycles. The Morgan fingerprint density at radius 3 is 2.27 bits per heavy atom. The molecule has 3 rings (SSSR count). The molecule has 0 bridgehead atoms. The van der Waals surface area contributed by atoms with Crippen LogP contribution in [0.3, 0.4) is 0 Å². The third kappa shape index (κ3) is 8.55. The third-order valence-electron chi connectivity index (χ3n) is 5.70. The zero-order chi connectivity index (χ0) is 27.2. The van der Waals surface area contributed by atoms with Gasteiger partial charge in [0.25, 0.3) is 0 Å². The van der Waals surface area contributed by atoms with E-state index < -0.39 is 27.7 Å². The van der Waals surface area contributed by atoms with E-state index in [0.29, 0.717) is 30.8 Å². The summed E-state index contributed by atoms with van der Waals surface area (Å²) in [6, 6.07) is 15.5. The maximum atomic E-state index is 13.3. The second-order valence-corrected chi connectivity index (χ2v) is 10.9. The summed E-state index contributed by atoms with van der Waals surface area (Å²) in [4.78, 5) is 1.92. The van der Waals surface area contributed by atoms with Crippen molar-refractivity contribution in [2.75, 3.05) is 19.4 Å². The summed E-state index contributed by atoms with van der Waals surface area (Å²) >= 11 is 0. The summed E-state index contributed by atoms with van der Waals surface area (Å²) in [7, 11) is -3.59. The van der Waals surface area contributed by atoms with Gasteiger partial charge in [0.05, 0.1) is 23.2 Å². The van der Waals surface area contributed by atoms with Crippen molar-refractivity contribution in [1.82, 2.24) is 4.90 Å². The first-order valence-electron chi connectivity index (χ1n) is 11.6. The van der Waals surface area contributed by atoms with Crippen LogP contribution in [0.4, 0.5) is 17.6 Å². The Kier molecular flexibility index (Phi) is 9.33. The highest BCUT2D eigenvalue weighted by Crippen LogP contribution is 2.30. The lowest BCUT2D eigenvalue weighted by molar-refractivity contribution is -0.137. The van der Waals surface area contributed by atoms with Crippen LogP contribution in [0.25, 0.3) is 0 Å². The molecule has 0 saturated carbocycles. The fourth-order valence-corrected chi connectivity index (χ4v) is 4.91. The molecule has 200 valence electrons. The smallest absolute Gasteiger partial charge is 0.416 e. The molecule has 1 N–H and O–H groups in total. The lowest BCUT2D eigenvalue weighted by Gasteiger charge is -2.23. The minimum atomic E-state index is -4.44. The van der Waals surface area contributed by atoms with Crippen molar-refractivity contribution in [1.29, 1.82) is 0 Å². The highest BCUT2D eigenvalue weighted by molar-refractivity contribution is 7.90. The molecule has 1 unspecified atom stereocenters. The van der Waals surface area contributed by atoms with Gasteiger partial charge >= 0.3 is 6.18 Å². The van der Waals surface area contributed by atoms with Crippen molar-refractivity contribution in [2.45, 2.75) is 43.6 Å². The number of aliphatic hydroxyl groups is 1. The van der Waals surface area contributed by atoms with Crippen LogP contribution in [0.5, 0.6) is 5.75 Å². The zero-order valence-corrected chi connectivity index (χ0v) is 21.3. The van der Waals surface area contributed by atoms with E-state index in [0.717, 1.165) is 24.0 Å². The number of halogens is 4. The molecule has 0 saturated heterocycles. The van der Waals surface area contributed by atoms with Gasteiger partial charge < -0.3 is 9.84 Å². The SMILES string of the molecule is CC(O)c1ccc(OCCCN(Cc2ccc(F)cc2)Cc2cccc(C(F)(F)F)c2)cc1S(C)(=O)=O. The standard InChI is InChI=1S/C27H29F4NO4S/c1-19(33)25-12-11-24(16-26(25)37(2,34)35)36-14-4-13-32(17-20-7-9-23(28)10-8-20)18-21-5-3-6-22(15-21)27(29,30)31/h3,5-12,15-16,19,33H,4,13-14,17-18H2,1-2H3. The van der Waals surface area contributed by atoms with Crippen LogP contribution in [0, 0.1) is 5.82 Å². The second kappa shape index (κ2) is 12.1. The Hall–Kier alpha value is -2.95. The Morgan fingerprint density at radius 2 is 1.65 bits per heavy atom. The van der Waals surface area contributed by atoms with Crippen molar-refractivity contribution >= 4 is 9.84 Å². The maximum Gasteiger partial charge on any atom is 0.416 e. The number of sulfone groups is 1. The zero-order valence-electron chi connectivity index (χ0n) is 20.5. The Labute approximate surface area is 214 Å². The molecular weight excluding hydrogens is 510 g/mol. The maximum absolute atomic E-state index is 13.3. The van der Waals surface area contributed by atoms with Crippen LogP contribution in [-0.2, 0) is 29.1 Å². The molecule has 3 aromatic carbocycles. The summed E-state index contributed by atoms with van der Waals surface area (Å²) in [5, 5.41) is 9.86. The van der Waals surface area contributed by atoms with Gasteiger partial charge in [-0.05, 0) is 60.4 Å². The minimum absolute atomic E-state index is 0.0116.